The highest BCUT2D eigenvalue weighted by Crippen LogP contribution is 2.23. The zero-order chi connectivity index (χ0) is 25.1. The Balaban J connectivity index is 1.76. The SMILES string of the molecule is Cc1ccc(N([C@@H](C)C(=O)Nc2ccc(S(=O)(=O)Nc3cccc(Cl)c3)cc2)S(C)(=O)=O)cc1. The average Bonchev–Trinajstić information content (AvgIpc) is 2.74. The van der Waals surface area contributed by atoms with Crippen molar-refractivity contribution in [2.75, 3.05) is 20.6 Å². The third-order valence-electron chi connectivity index (χ3n) is 4.89. The van der Waals surface area contributed by atoms with Crippen LogP contribution in [0.2, 0.25) is 5.02 Å². The molecule has 3 aromatic rings. The first-order valence-corrected chi connectivity index (χ1v) is 13.8. The van der Waals surface area contributed by atoms with Crippen molar-refractivity contribution >= 4 is 54.6 Å². The Labute approximate surface area is 204 Å². The van der Waals surface area contributed by atoms with Crippen molar-refractivity contribution in [3.63, 3.8) is 0 Å². The summed E-state index contributed by atoms with van der Waals surface area (Å²) in [4.78, 5) is 12.8. The van der Waals surface area contributed by atoms with Gasteiger partial charge in [-0.2, -0.15) is 0 Å². The van der Waals surface area contributed by atoms with E-state index in [4.69, 9.17) is 11.6 Å². The lowest BCUT2D eigenvalue weighted by molar-refractivity contribution is -0.116. The first-order valence-electron chi connectivity index (χ1n) is 10.1. The molecule has 1 atom stereocenters. The molecule has 0 fully saturated rings. The largest absolute Gasteiger partial charge is 0.324 e. The molecule has 0 bridgehead atoms. The lowest BCUT2D eigenvalue weighted by Crippen LogP contribution is -2.45. The van der Waals surface area contributed by atoms with E-state index in [1.54, 1.807) is 42.5 Å². The van der Waals surface area contributed by atoms with E-state index in [1.807, 2.05) is 6.92 Å². The number of nitrogens with one attached hydrogen (secondary N) is 2. The molecule has 0 aliphatic heterocycles. The van der Waals surface area contributed by atoms with Crippen LogP contribution in [0, 0.1) is 6.92 Å². The highest BCUT2D eigenvalue weighted by Gasteiger charge is 2.29. The van der Waals surface area contributed by atoms with Crippen LogP contribution in [-0.2, 0) is 24.8 Å². The topological polar surface area (TPSA) is 113 Å². The molecule has 0 aromatic heterocycles. The van der Waals surface area contributed by atoms with Gasteiger partial charge in [0.1, 0.15) is 6.04 Å². The molecule has 34 heavy (non-hydrogen) atoms. The number of sulfonamides is 2. The van der Waals surface area contributed by atoms with Crippen molar-refractivity contribution in [2.45, 2.75) is 24.8 Å². The molecule has 3 rings (SSSR count). The second kappa shape index (κ2) is 10.0. The Kier molecular flexibility index (Phi) is 7.54. The first-order chi connectivity index (χ1) is 15.9. The van der Waals surface area contributed by atoms with Crippen LogP contribution in [0.3, 0.4) is 0 Å². The highest BCUT2D eigenvalue weighted by atomic mass is 35.5. The first kappa shape index (κ1) is 25.5. The monoisotopic (exact) mass is 521 g/mol. The Hall–Kier alpha value is -3.08. The molecule has 0 radical (unpaired) electrons. The second-order valence-corrected chi connectivity index (χ2v) is 11.7. The molecule has 0 spiro atoms. The number of benzene rings is 3. The predicted molar refractivity (Wildman–Crippen MR) is 135 cm³/mol. The van der Waals surface area contributed by atoms with E-state index < -0.39 is 32.0 Å². The van der Waals surface area contributed by atoms with Crippen molar-refractivity contribution in [2.24, 2.45) is 0 Å². The summed E-state index contributed by atoms with van der Waals surface area (Å²) in [6, 6.07) is 17.5. The van der Waals surface area contributed by atoms with Gasteiger partial charge in [0.15, 0.2) is 0 Å². The molecular formula is C23H24ClN3O5S2. The van der Waals surface area contributed by atoms with Crippen LogP contribution in [0.4, 0.5) is 17.1 Å². The average molecular weight is 522 g/mol. The van der Waals surface area contributed by atoms with Gasteiger partial charge in [0.2, 0.25) is 15.9 Å². The number of carbonyl (C=O) groups excluding carboxylic acids is 1. The number of hydrogen-bond donors (Lipinski definition) is 2. The molecule has 0 heterocycles. The minimum absolute atomic E-state index is 0.0176. The summed E-state index contributed by atoms with van der Waals surface area (Å²) in [5.74, 6) is -0.571. The lowest BCUT2D eigenvalue weighted by atomic mass is 10.2. The second-order valence-electron chi connectivity index (χ2n) is 7.70. The molecule has 8 nitrogen and oxygen atoms in total. The number of anilines is 3. The van der Waals surface area contributed by atoms with Gasteiger partial charge in [-0.25, -0.2) is 16.8 Å². The minimum Gasteiger partial charge on any atom is -0.324 e. The van der Waals surface area contributed by atoms with Crippen molar-refractivity contribution in [1.29, 1.82) is 0 Å². The van der Waals surface area contributed by atoms with E-state index in [2.05, 4.69) is 10.0 Å². The summed E-state index contributed by atoms with van der Waals surface area (Å²) in [5.41, 5.74) is 1.95. The molecule has 3 aromatic carbocycles. The van der Waals surface area contributed by atoms with Gasteiger partial charge in [-0.15, -0.1) is 0 Å². The van der Waals surface area contributed by atoms with Gasteiger partial charge in [0, 0.05) is 10.7 Å². The zero-order valence-electron chi connectivity index (χ0n) is 18.7. The Bertz CT molecular complexity index is 1390. The van der Waals surface area contributed by atoms with E-state index in [9.17, 15) is 21.6 Å². The fourth-order valence-corrected chi connectivity index (χ4v) is 5.65. The van der Waals surface area contributed by atoms with Crippen LogP contribution in [0.1, 0.15) is 12.5 Å². The fourth-order valence-electron chi connectivity index (χ4n) is 3.23. The number of halogens is 1. The summed E-state index contributed by atoms with van der Waals surface area (Å²) in [7, 11) is -7.62. The maximum Gasteiger partial charge on any atom is 0.261 e. The minimum atomic E-state index is -3.87. The van der Waals surface area contributed by atoms with Crippen molar-refractivity contribution < 1.29 is 21.6 Å². The molecule has 2 N–H and O–H groups in total. The van der Waals surface area contributed by atoms with Gasteiger partial charge in [-0.1, -0.05) is 35.4 Å². The third kappa shape index (κ3) is 6.28. The number of nitrogens with zero attached hydrogens (tertiary/aromatic N) is 1. The highest BCUT2D eigenvalue weighted by molar-refractivity contribution is 7.92. The number of carbonyl (C=O) groups is 1. The van der Waals surface area contributed by atoms with Crippen LogP contribution < -0.4 is 14.3 Å². The summed E-state index contributed by atoms with van der Waals surface area (Å²) in [6.07, 6.45) is 1.03. The molecule has 0 aliphatic carbocycles. The molecule has 11 heteroatoms. The summed E-state index contributed by atoms with van der Waals surface area (Å²) >= 11 is 5.89. The number of rotatable bonds is 8. The van der Waals surface area contributed by atoms with Crippen molar-refractivity contribution in [1.82, 2.24) is 0 Å². The molecule has 0 saturated carbocycles. The fraction of sp³-hybridized carbons (Fsp3) is 0.174. The standard InChI is InChI=1S/C23H24ClN3O5S2/c1-16-7-11-21(12-8-16)27(33(3,29)30)17(2)23(28)25-19-9-13-22(14-10-19)34(31,32)26-20-6-4-5-18(24)15-20/h4-15,17,26H,1-3H3,(H,25,28)/t17-/m0/s1. The van der Waals surface area contributed by atoms with E-state index in [-0.39, 0.29) is 4.90 Å². The Morgan fingerprint density at radius 2 is 1.53 bits per heavy atom. The predicted octanol–water partition coefficient (Wildman–Crippen LogP) is 4.24. The van der Waals surface area contributed by atoms with Gasteiger partial charge in [0.25, 0.3) is 10.0 Å². The maximum absolute atomic E-state index is 12.8. The van der Waals surface area contributed by atoms with Gasteiger partial charge in [-0.3, -0.25) is 13.8 Å². The van der Waals surface area contributed by atoms with Crippen LogP contribution >= 0.6 is 11.6 Å². The number of amides is 1. The maximum atomic E-state index is 12.8. The quantitative estimate of drug-likeness (QED) is 0.460. The molecular weight excluding hydrogens is 498 g/mol. The van der Waals surface area contributed by atoms with E-state index in [0.717, 1.165) is 16.1 Å². The van der Waals surface area contributed by atoms with E-state index >= 15 is 0 Å². The molecule has 180 valence electrons. The van der Waals surface area contributed by atoms with Gasteiger partial charge >= 0.3 is 0 Å². The Morgan fingerprint density at radius 1 is 0.912 bits per heavy atom. The van der Waals surface area contributed by atoms with Gasteiger partial charge < -0.3 is 5.32 Å². The zero-order valence-corrected chi connectivity index (χ0v) is 21.1. The molecule has 0 saturated heterocycles. The molecule has 0 aliphatic rings. The smallest absolute Gasteiger partial charge is 0.261 e. The van der Waals surface area contributed by atoms with Crippen LogP contribution in [0.25, 0.3) is 0 Å². The summed E-state index contributed by atoms with van der Waals surface area (Å²) in [5, 5.41) is 3.02. The van der Waals surface area contributed by atoms with Gasteiger partial charge in [0.05, 0.1) is 22.5 Å². The van der Waals surface area contributed by atoms with Crippen LogP contribution in [0.5, 0.6) is 0 Å². The van der Waals surface area contributed by atoms with Crippen molar-refractivity contribution in [3.05, 3.63) is 83.4 Å². The third-order valence-corrected chi connectivity index (χ3v) is 7.76. The number of aryl methyl sites for hydroxylation is 1. The summed E-state index contributed by atoms with van der Waals surface area (Å²) < 4.78 is 53.5. The molecule has 0 unspecified atom stereocenters. The lowest BCUT2D eigenvalue weighted by Gasteiger charge is -2.28. The van der Waals surface area contributed by atoms with Gasteiger partial charge in [-0.05, 0) is 68.4 Å². The Morgan fingerprint density at radius 3 is 2.09 bits per heavy atom. The van der Waals surface area contributed by atoms with E-state index in [0.29, 0.717) is 22.1 Å². The molecule has 1 amide bonds. The van der Waals surface area contributed by atoms with E-state index in [1.165, 1.54) is 37.3 Å². The normalized spacial score (nSPS) is 12.6. The van der Waals surface area contributed by atoms with Crippen LogP contribution in [-0.4, -0.2) is 35.0 Å². The number of hydrogen-bond acceptors (Lipinski definition) is 5. The van der Waals surface area contributed by atoms with Crippen LogP contribution in [0.15, 0.2) is 77.7 Å². The summed E-state index contributed by atoms with van der Waals surface area (Å²) in [6.45, 7) is 3.35. The van der Waals surface area contributed by atoms with Crippen molar-refractivity contribution in [3.8, 4) is 0 Å².